The first-order valence-corrected chi connectivity index (χ1v) is 9.08. The maximum absolute atomic E-state index is 12.9. The molecule has 4 rings (SSSR count). The number of alkyl halides is 3. The molecule has 5 nitrogen and oxygen atoms in total. The smallest absolute Gasteiger partial charge is 0.343 e. The summed E-state index contributed by atoms with van der Waals surface area (Å²) in [6, 6.07) is 18.1. The molecule has 0 saturated heterocycles. The van der Waals surface area contributed by atoms with Crippen LogP contribution in [0.4, 0.5) is 13.2 Å². The molecule has 0 aliphatic rings. The van der Waals surface area contributed by atoms with Crippen LogP contribution in [0.3, 0.4) is 0 Å². The van der Waals surface area contributed by atoms with E-state index in [0.29, 0.717) is 17.1 Å². The molecular formula is C22H16F3N5Pt. The van der Waals surface area contributed by atoms with Crippen molar-refractivity contribution in [2.75, 3.05) is 0 Å². The Labute approximate surface area is 191 Å². The molecule has 31 heavy (non-hydrogen) atoms. The number of pyridine rings is 3. The summed E-state index contributed by atoms with van der Waals surface area (Å²) in [7, 11) is 0. The quantitative estimate of drug-likeness (QED) is 0.319. The van der Waals surface area contributed by atoms with Crippen molar-refractivity contribution >= 4 is 0 Å². The second-order valence-corrected chi connectivity index (χ2v) is 7.11. The molecule has 160 valence electrons. The Kier molecular flexibility index (Phi) is 6.41. The molecule has 0 fully saturated rings. The van der Waals surface area contributed by atoms with E-state index >= 15 is 0 Å². The van der Waals surface area contributed by atoms with Crippen LogP contribution in [0.2, 0.25) is 0 Å². The maximum Gasteiger partial charge on any atom is 2.00 e. The molecule has 0 amide bonds. The first kappa shape index (κ1) is 22.8. The minimum absolute atomic E-state index is 0. The number of hydrogen-bond donors (Lipinski definition) is 0. The molecule has 0 spiro atoms. The summed E-state index contributed by atoms with van der Waals surface area (Å²) in [5, 5.41) is 3.55. The second kappa shape index (κ2) is 8.71. The summed E-state index contributed by atoms with van der Waals surface area (Å²) in [5.74, 6) is 0.241. The average Bonchev–Trinajstić information content (AvgIpc) is 3.26. The van der Waals surface area contributed by atoms with Crippen molar-refractivity contribution in [1.82, 2.24) is 24.7 Å². The summed E-state index contributed by atoms with van der Waals surface area (Å²) < 4.78 is 39.6. The summed E-state index contributed by atoms with van der Waals surface area (Å²) in [6.07, 6.45) is -0.391. The summed E-state index contributed by atoms with van der Waals surface area (Å²) in [4.78, 5) is 13.5. The van der Waals surface area contributed by atoms with Crippen molar-refractivity contribution in [2.45, 2.75) is 25.4 Å². The molecular weight excluding hydrogens is 586 g/mol. The minimum Gasteiger partial charge on any atom is -0.343 e. The van der Waals surface area contributed by atoms with Crippen molar-refractivity contribution in [1.29, 1.82) is 0 Å². The fourth-order valence-corrected chi connectivity index (χ4v) is 2.94. The SMILES string of the molecule is CC(C)(c1cccc(-c2[c-]cccn2)n1)c1cccc(-n2[c-]cc(C(F)(F)F)n2)n1.[Pt+2]. The van der Waals surface area contributed by atoms with Gasteiger partial charge in [-0.2, -0.15) is 25.3 Å². The van der Waals surface area contributed by atoms with Gasteiger partial charge in [0.1, 0.15) is 0 Å². The van der Waals surface area contributed by atoms with Crippen molar-refractivity contribution in [3.05, 3.63) is 90.1 Å². The van der Waals surface area contributed by atoms with Crippen LogP contribution in [0, 0.1) is 12.3 Å². The third kappa shape index (κ3) is 4.74. The molecule has 4 aromatic rings. The molecule has 0 aliphatic heterocycles. The Morgan fingerprint density at radius 3 is 2.26 bits per heavy atom. The average molecular weight is 602 g/mol. The largest absolute Gasteiger partial charge is 2.00 e. The molecule has 0 radical (unpaired) electrons. The zero-order chi connectivity index (χ0) is 21.4. The van der Waals surface area contributed by atoms with Crippen LogP contribution in [-0.2, 0) is 32.7 Å². The molecule has 0 aromatic carbocycles. The van der Waals surface area contributed by atoms with Crippen molar-refractivity contribution in [3.63, 3.8) is 0 Å². The second-order valence-electron chi connectivity index (χ2n) is 7.11. The van der Waals surface area contributed by atoms with E-state index in [-0.39, 0.29) is 26.9 Å². The molecule has 0 N–H and O–H groups in total. The van der Waals surface area contributed by atoms with Gasteiger partial charge in [0.2, 0.25) is 0 Å². The number of halogens is 3. The van der Waals surface area contributed by atoms with E-state index < -0.39 is 17.3 Å². The van der Waals surface area contributed by atoms with Crippen LogP contribution in [-0.4, -0.2) is 24.7 Å². The van der Waals surface area contributed by atoms with Gasteiger partial charge in [-0.3, -0.25) is 15.1 Å². The van der Waals surface area contributed by atoms with Crippen molar-refractivity contribution in [3.8, 4) is 17.2 Å². The van der Waals surface area contributed by atoms with Gasteiger partial charge in [0.05, 0.1) is 11.5 Å². The zero-order valence-corrected chi connectivity index (χ0v) is 18.7. The molecule has 4 aromatic heterocycles. The summed E-state index contributed by atoms with van der Waals surface area (Å²) in [6.45, 7) is 3.89. The van der Waals surface area contributed by atoms with E-state index in [9.17, 15) is 13.2 Å². The first-order valence-electron chi connectivity index (χ1n) is 9.08. The molecule has 0 aliphatic carbocycles. The Morgan fingerprint density at radius 1 is 0.903 bits per heavy atom. The normalized spacial score (nSPS) is 11.8. The first-order chi connectivity index (χ1) is 14.2. The number of nitrogens with zero attached hydrogens (tertiary/aromatic N) is 5. The zero-order valence-electron chi connectivity index (χ0n) is 16.5. The van der Waals surface area contributed by atoms with Gasteiger partial charge in [-0.25, -0.2) is 0 Å². The van der Waals surface area contributed by atoms with E-state index in [0.717, 1.165) is 16.4 Å². The third-order valence-corrected chi connectivity index (χ3v) is 4.65. The maximum atomic E-state index is 12.9. The Hall–Kier alpha value is -2.86. The molecule has 0 bridgehead atoms. The molecule has 9 heteroatoms. The van der Waals surface area contributed by atoms with Gasteiger partial charge >= 0.3 is 27.2 Å². The fraction of sp³-hybridized carbons (Fsp3) is 0.182. The standard InChI is InChI=1S/C22H16F3N5.Pt/c1-21(2,17-9-5-8-16(27-17)15-7-3-4-13-26-15)18-10-6-11-20(28-18)30-14-12-19(29-30)22(23,24)25;/h3-6,8-13H,1-2H3;/q-2;+2. The van der Waals surface area contributed by atoms with E-state index in [1.54, 1.807) is 36.5 Å². The number of rotatable bonds is 4. The van der Waals surface area contributed by atoms with Crippen molar-refractivity contribution < 1.29 is 34.2 Å². The van der Waals surface area contributed by atoms with Gasteiger partial charge in [-0.05, 0) is 43.6 Å². The predicted octanol–water partition coefficient (Wildman–Crippen LogP) is 4.67. The van der Waals surface area contributed by atoms with Crippen LogP contribution in [0.15, 0.2) is 60.8 Å². The third-order valence-electron chi connectivity index (χ3n) is 4.65. The summed E-state index contributed by atoms with van der Waals surface area (Å²) >= 11 is 0. The Morgan fingerprint density at radius 2 is 1.61 bits per heavy atom. The predicted molar refractivity (Wildman–Crippen MR) is 104 cm³/mol. The van der Waals surface area contributed by atoms with Gasteiger partial charge in [-0.15, -0.1) is 12.1 Å². The Bertz CT molecular complexity index is 1170. The van der Waals surface area contributed by atoms with Gasteiger partial charge in [0.15, 0.2) is 0 Å². The van der Waals surface area contributed by atoms with E-state index in [1.807, 2.05) is 32.0 Å². The molecule has 0 unspecified atom stereocenters. The van der Waals surface area contributed by atoms with Crippen LogP contribution in [0.25, 0.3) is 17.2 Å². The van der Waals surface area contributed by atoms with Gasteiger partial charge in [0.25, 0.3) is 0 Å². The van der Waals surface area contributed by atoms with Gasteiger partial charge in [-0.1, -0.05) is 30.5 Å². The summed E-state index contributed by atoms with van der Waals surface area (Å²) in [5.41, 5.74) is 1.03. The van der Waals surface area contributed by atoms with E-state index in [2.05, 4.69) is 27.3 Å². The van der Waals surface area contributed by atoms with Gasteiger partial charge in [0, 0.05) is 16.8 Å². The van der Waals surface area contributed by atoms with Crippen LogP contribution < -0.4 is 0 Å². The van der Waals surface area contributed by atoms with E-state index in [1.165, 1.54) is 0 Å². The molecule has 0 saturated carbocycles. The van der Waals surface area contributed by atoms with Crippen LogP contribution in [0.5, 0.6) is 0 Å². The van der Waals surface area contributed by atoms with E-state index in [4.69, 9.17) is 4.98 Å². The Balaban J connectivity index is 0.00000272. The van der Waals surface area contributed by atoms with Gasteiger partial charge < -0.3 is 9.67 Å². The number of hydrogen-bond acceptors (Lipinski definition) is 4. The fourth-order valence-electron chi connectivity index (χ4n) is 2.94. The molecule has 4 heterocycles. The van der Waals surface area contributed by atoms with Crippen LogP contribution >= 0.6 is 0 Å². The van der Waals surface area contributed by atoms with Crippen molar-refractivity contribution in [2.24, 2.45) is 0 Å². The topological polar surface area (TPSA) is 56.5 Å². The minimum atomic E-state index is -4.54. The molecule has 0 atom stereocenters. The monoisotopic (exact) mass is 602 g/mol. The van der Waals surface area contributed by atoms with Crippen LogP contribution in [0.1, 0.15) is 30.9 Å². The number of aromatic nitrogens is 5.